The standard InChI is InChI=1S/C27H34N4O2S/c1-5-20(3)25-28-23(18-33-4)22(17-21-9-6-8-19(2)16-21)26(29-25)30-11-13-31(14-12-30)27(32)24-10-7-15-34-24/h6-10,15-16,20H,5,11-14,17-18H2,1-4H3/t20-/m1/s1. The molecule has 0 bridgehead atoms. The molecule has 7 heteroatoms. The minimum Gasteiger partial charge on any atom is -0.378 e. The summed E-state index contributed by atoms with van der Waals surface area (Å²) in [6.07, 6.45) is 1.73. The van der Waals surface area contributed by atoms with Crippen molar-refractivity contribution < 1.29 is 9.53 Å². The predicted molar refractivity (Wildman–Crippen MR) is 138 cm³/mol. The molecule has 0 spiro atoms. The topological polar surface area (TPSA) is 58.6 Å². The molecule has 1 aliphatic rings. The fourth-order valence-corrected chi connectivity index (χ4v) is 5.03. The number of carbonyl (C=O) groups is 1. The molecule has 4 rings (SSSR count). The third-order valence-corrected chi connectivity index (χ3v) is 7.34. The summed E-state index contributed by atoms with van der Waals surface area (Å²) in [6.45, 7) is 9.78. The number of aromatic nitrogens is 2. The number of anilines is 1. The number of amides is 1. The van der Waals surface area contributed by atoms with Crippen LogP contribution >= 0.6 is 11.3 Å². The van der Waals surface area contributed by atoms with Crippen molar-refractivity contribution in [3.63, 3.8) is 0 Å². The van der Waals surface area contributed by atoms with Gasteiger partial charge in [-0.1, -0.05) is 49.7 Å². The van der Waals surface area contributed by atoms with E-state index in [-0.39, 0.29) is 11.8 Å². The molecule has 6 nitrogen and oxygen atoms in total. The van der Waals surface area contributed by atoms with Crippen molar-refractivity contribution in [1.29, 1.82) is 0 Å². The van der Waals surface area contributed by atoms with Crippen LogP contribution in [0.1, 0.15) is 64.1 Å². The lowest BCUT2D eigenvalue weighted by Crippen LogP contribution is -2.49. The molecular weight excluding hydrogens is 444 g/mol. The van der Waals surface area contributed by atoms with Crippen molar-refractivity contribution in [3.8, 4) is 0 Å². The molecule has 1 saturated heterocycles. The van der Waals surface area contributed by atoms with Gasteiger partial charge >= 0.3 is 0 Å². The normalized spacial score (nSPS) is 14.9. The maximum absolute atomic E-state index is 12.8. The highest BCUT2D eigenvalue weighted by molar-refractivity contribution is 7.12. The van der Waals surface area contributed by atoms with Gasteiger partial charge in [-0.3, -0.25) is 4.79 Å². The van der Waals surface area contributed by atoms with Gasteiger partial charge in [-0.05, 0) is 30.4 Å². The molecule has 2 aromatic heterocycles. The molecule has 3 aromatic rings. The first-order valence-electron chi connectivity index (χ1n) is 12.0. The largest absolute Gasteiger partial charge is 0.378 e. The lowest BCUT2D eigenvalue weighted by molar-refractivity contribution is 0.0751. The fraction of sp³-hybridized carbons (Fsp3) is 0.444. The average Bonchev–Trinajstić information content (AvgIpc) is 3.39. The van der Waals surface area contributed by atoms with Crippen LogP contribution < -0.4 is 4.90 Å². The van der Waals surface area contributed by atoms with Crippen molar-refractivity contribution in [2.75, 3.05) is 38.2 Å². The number of thiophene rings is 1. The Morgan fingerprint density at radius 3 is 2.59 bits per heavy atom. The van der Waals surface area contributed by atoms with Crippen LogP contribution in [0.2, 0.25) is 0 Å². The molecule has 0 N–H and O–H groups in total. The Morgan fingerprint density at radius 1 is 1.15 bits per heavy atom. The molecule has 1 aliphatic heterocycles. The van der Waals surface area contributed by atoms with Crippen molar-refractivity contribution >= 4 is 23.1 Å². The number of carbonyl (C=O) groups excluding carboxylic acids is 1. The molecule has 1 aromatic carbocycles. The molecule has 3 heterocycles. The molecule has 180 valence electrons. The Bertz CT molecular complexity index is 1110. The van der Waals surface area contributed by atoms with Crippen molar-refractivity contribution in [3.05, 3.63) is 74.9 Å². The summed E-state index contributed by atoms with van der Waals surface area (Å²) in [4.78, 5) is 28.0. The van der Waals surface area contributed by atoms with E-state index in [4.69, 9.17) is 14.7 Å². The third-order valence-electron chi connectivity index (χ3n) is 6.48. The molecular formula is C27H34N4O2S. The molecule has 34 heavy (non-hydrogen) atoms. The highest BCUT2D eigenvalue weighted by Gasteiger charge is 2.27. The molecule has 0 saturated carbocycles. The Morgan fingerprint density at radius 2 is 1.94 bits per heavy atom. The highest BCUT2D eigenvalue weighted by atomic mass is 32.1. The molecule has 0 aliphatic carbocycles. The summed E-state index contributed by atoms with van der Waals surface area (Å²) in [5.74, 6) is 2.25. The SMILES string of the molecule is CC[C@@H](C)c1nc(COC)c(Cc2cccc(C)c2)c(N2CCN(C(=O)c3cccs3)CC2)n1. The Hall–Kier alpha value is -2.77. The first-order chi connectivity index (χ1) is 16.5. The van der Waals surface area contributed by atoms with Crippen LogP contribution in [-0.2, 0) is 17.8 Å². The van der Waals surface area contributed by atoms with Gasteiger partial charge in [-0.25, -0.2) is 9.97 Å². The molecule has 1 amide bonds. The maximum atomic E-state index is 12.8. The first-order valence-corrected chi connectivity index (χ1v) is 12.9. The first kappa shape index (κ1) is 24.4. The van der Waals surface area contributed by atoms with Crippen LogP contribution in [0.25, 0.3) is 0 Å². The number of hydrogen-bond acceptors (Lipinski definition) is 6. The van der Waals surface area contributed by atoms with Crippen LogP contribution in [-0.4, -0.2) is 54.1 Å². The molecule has 1 atom stereocenters. The van der Waals surface area contributed by atoms with E-state index in [9.17, 15) is 4.79 Å². The number of benzene rings is 1. The van der Waals surface area contributed by atoms with Gasteiger partial charge in [-0.15, -0.1) is 11.3 Å². The Balaban J connectivity index is 1.66. The van der Waals surface area contributed by atoms with Gasteiger partial charge in [0, 0.05) is 51.2 Å². The number of rotatable bonds is 8. The number of nitrogens with zero attached hydrogens (tertiary/aromatic N) is 4. The van der Waals surface area contributed by atoms with Gasteiger partial charge in [0.05, 0.1) is 17.2 Å². The van der Waals surface area contributed by atoms with Crippen molar-refractivity contribution in [2.45, 2.75) is 46.1 Å². The van der Waals surface area contributed by atoms with Gasteiger partial charge in [0.15, 0.2) is 0 Å². The van der Waals surface area contributed by atoms with Gasteiger partial charge < -0.3 is 14.5 Å². The summed E-state index contributed by atoms with van der Waals surface area (Å²) in [7, 11) is 1.72. The predicted octanol–water partition coefficient (Wildman–Crippen LogP) is 5.06. The van der Waals surface area contributed by atoms with E-state index in [2.05, 4.69) is 49.9 Å². The third kappa shape index (κ3) is 5.47. The second-order valence-corrected chi connectivity index (χ2v) is 9.94. The van der Waals surface area contributed by atoms with Gasteiger partial charge in [-0.2, -0.15) is 0 Å². The fourth-order valence-electron chi connectivity index (χ4n) is 4.34. The average molecular weight is 479 g/mol. The van der Waals surface area contributed by atoms with E-state index in [1.807, 2.05) is 22.4 Å². The Labute approximate surface area is 206 Å². The number of ether oxygens (including phenoxy) is 1. The van der Waals surface area contributed by atoms with Crippen LogP contribution in [0, 0.1) is 6.92 Å². The van der Waals surface area contributed by atoms with Gasteiger partial charge in [0.1, 0.15) is 11.6 Å². The van der Waals surface area contributed by atoms with E-state index in [0.717, 1.165) is 53.7 Å². The van der Waals surface area contributed by atoms with Gasteiger partial charge in [0.2, 0.25) is 0 Å². The zero-order valence-electron chi connectivity index (χ0n) is 20.6. The van der Waals surface area contributed by atoms with E-state index >= 15 is 0 Å². The summed E-state index contributed by atoms with van der Waals surface area (Å²) in [6, 6.07) is 12.4. The Kier molecular flexibility index (Phi) is 7.95. The monoisotopic (exact) mass is 478 g/mol. The maximum Gasteiger partial charge on any atom is 0.264 e. The number of piperazine rings is 1. The lowest BCUT2D eigenvalue weighted by Gasteiger charge is -2.36. The molecule has 1 fully saturated rings. The van der Waals surface area contributed by atoms with E-state index < -0.39 is 0 Å². The van der Waals surface area contributed by atoms with Crippen LogP contribution in [0.4, 0.5) is 5.82 Å². The highest BCUT2D eigenvalue weighted by Crippen LogP contribution is 2.29. The summed E-state index contributed by atoms with van der Waals surface area (Å²) in [5.41, 5.74) is 4.56. The number of aryl methyl sites for hydroxylation is 1. The minimum atomic E-state index is 0.123. The smallest absolute Gasteiger partial charge is 0.264 e. The minimum absolute atomic E-state index is 0.123. The summed E-state index contributed by atoms with van der Waals surface area (Å²) >= 11 is 1.50. The van der Waals surface area contributed by atoms with Crippen LogP contribution in [0.5, 0.6) is 0 Å². The summed E-state index contributed by atoms with van der Waals surface area (Å²) in [5, 5.41) is 1.95. The summed E-state index contributed by atoms with van der Waals surface area (Å²) < 4.78 is 5.57. The number of methoxy groups -OCH3 is 1. The van der Waals surface area contributed by atoms with Crippen LogP contribution in [0.3, 0.4) is 0 Å². The zero-order valence-corrected chi connectivity index (χ0v) is 21.4. The van der Waals surface area contributed by atoms with Gasteiger partial charge in [0.25, 0.3) is 5.91 Å². The van der Waals surface area contributed by atoms with Crippen molar-refractivity contribution in [1.82, 2.24) is 14.9 Å². The van der Waals surface area contributed by atoms with E-state index in [1.165, 1.54) is 22.5 Å². The quantitative estimate of drug-likeness (QED) is 0.453. The lowest BCUT2D eigenvalue weighted by atomic mass is 10.0. The zero-order chi connectivity index (χ0) is 24.1. The molecule has 0 radical (unpaired) electrons. The second kappa shape index (κ2) is 11.1. The van der Waals surface area contributed by atoms with E-state index in [0.29, 0.717) is 19.7 Å². The van der Waals surface area contributed by atoms with E-state index in [1.54, 1.807) is 7.11 Å². The second-order valence-electron chi connectivity index (χ2n) is 9.00. The number of hydrogen-bond donors (Lipinski definition) is 0. The molecule has 0 unspecified atom stereocenters. The van der Waals surface area contributed by atoms with Crippen LogP contribution in [0.15, 0.2) is 41.8 Å². The van der Waals surface area contributed by atoms with Crippen molar-refractivity contribution in [2.24, 2.45) is 0 Å².